The van der Waals surface area contributed by atoms with Gasteiger partial charge in [0.25, 0.3) is 5.91 Å². The Labute approximate surface area is 47.1 Å². The van der Waals surface area contributed by atoms with E-state index in [1.807, 2.05) is 0 Å². The number of amides is 1. The molecule has 0 bridgehead atoms. The standard InChI is InChI=1S/C5H5NO2/c1-2-3-4-5(7)6-8/h1H,3-4H2. The van der Waals surface area contributed by atoms with E-state index in [0.29, 0.717) is 6.42 Å². The van der Waals surface area contributed by atoms with Gasteiger partial charge in [0.05, 0.1) is 0 Å². The van der Waals surface area contributed by atoms with Gasteiger partial charge < -0.3 is 0 Å². The normalized spacial score (nSPS) is 7.38. The minimum Gasteiger partial charge on any atom is -0.269 e. The smallest absolute Gasteiger partial charge is 0.269 e. The van der Waals surface area contributed by atoms with Crippen LogP contribution in [0.3, 0.4) is 0 Å². The van der Waals surface area contributed by atoms with Crippen molar-refractivity contribution in [2.45, 2.75) is 12.8 Å². The maximum atomic E-state index is 10.00. The predicted octanol–water partition coefficient (Wildman–Crippen LogP) is 0.693. The van der Waals surface area contributed by atoms with E-state index in [0.717, 1.165) is 0 Å². The highest BCUT2D eigenvalue weighted by Gasteiger charge is 1.95. The van der Waals surface area contributed by atoms with Gasteiger partial charge in [0, 0.05) is 18.0 Å². The summed E-state index contributed by atoms with van der Waals surface area (Å²) >= 11 is 0. The fourth-order valence-electron chi connectivity index (χ4n) is 0.225. The van der Waals surface area contributed by atoms with Gasteiger partial charge in [-0.05, 0) is 0 Å². The fourth-order valence-corrected chi connectivity index (χ4v) is 0.225. The van der Waals surface area contributed by atoms with Crippen LogP contribution in [0.5, 0.6) is 0 Å². The zero-order chi connectivity index (χ0) is 6.41. The molecule has 0 saturated heterocycles. The van der Waals surface area contributed by atoms with Crippen LogP contribution in [0.4, 0.5) is 0 Å². The molecule has 42 valence electrons. The molecular formula is C5H5NO2. The molecule has 0 radical (unpaired) electrons. The number of hydrogen-bond acceptors (Lipinski definition) is 2. The molecule has 0 aromatic heterocycles. The van der Waals surface area contributed by atoms with E-state index in [1.54, 1.807) is 0 Å². The quantitative estimate of drug-likeness (QED) is 0.388. The molecule has 0 aliphatic heterocycles. The van der Waals surface area contributed by atoms with Crippen molar-refractivity contribution in [2.24, 2.45) is 5.18 Å². The first-order chi connectivity index (χ1) is 3.81. The molecule has 1 amide bonds. The monoisotopic (exact) mass is 111 g/mol. The minimum atomic E-state index is -0.678. The molecule has 0 heterocycles. The van der Waals surface area contributed by atoms with Gasteiger partial charge in [0.15, 0.2) is 0 Å². The molecule has 0 fully saturated rings. The number of rotatable bonds is 2. The van der Waals surface area contributed by atoms with Gasteiger partial charge in [-0.3, -0.25) is 4.79 Å². The second-order valence-electron chi connectivity index (χ2n) is 1.19. The molecule has 0 N–H and O–H groups in total. The van der Waals surface area contributed by atoms with E-state index in [2.05, 4.69) is 11.1 Å². The third kappa shape index (κ3) is 3.04. The summed E-state index contributed by atoms with van der Waals surface area (Å²) in [5.41, 5.74) is 0. The Hall–Kier alpha value is -1.17. The van der Waals surface area contributed by atoms with Gasteiger partial charge >= 0.3 is 0 Å². The van der Waals surface area contributed by atoms with Gasteiger partial charge in [-0.15, -0.1) is 17.3 Å². The Balaban J connectivity index is 3.28. The van der Waals surface area contributed by atoms with E-state index in [9.17, 15) is 9.70 Å². The molecule has 0 aromatic rings. The van der Waals surface area contributed by atoms with Crippen LogP contribution in [-0.4, -0.2) is 5.91 Å². The van der Waals surface area contributed by atoms with Crippen LogP contribution in [0.25, 0.3) is 0 Å². The zero-order valence-corrected chi connectivity index (χ0v) is 4.26. The predicted molar refractivity (Wildman–Crippen MR) is 28.9 cm³/mol. The number of terminal acetylenes is 1. The highest BCUT2D eigenvalue weighted by atomic mass is 16.3. The first-order valence-electron chi connectivity index (χ1n) is 2.11. The van der Waals surface area contributed by atoms with Crippen LogP contribution in [-0.2, 0) is 4.79 Å². The first-order valence-corrected chi connectivity index (χ1v) is 2.11. The maximum Gasteiger partial charge on any atom is 0.287 e. The first kappa shape index (κ1) is 6.83. The lowest BCUT2D eigenvalue weighted by molar-refractivity contribution is -0.117. The number of nitrogens with zero attached hydrogens (tertiary/aromatic N) is 1. The molecule has 3 nitrogen and oxygen atoms in total. The molecule has 3 heteroatoms. The Kier molecular flexibility index (Phi) is 3.42. The number of carbonyl (C=O) groups excluding carboxylic acids is 1. The summed E-state index contributed by atoms with van der Waals surface area (Å²) in [5, 5.41) is 2.14. The lowest BCUT2D eigenvalue weighted by atomic mass is 10.3. The van der Waals surface area contributed by atoms with Crippen molar-refractivity contribution >= 4 is 5.91 Å². The van der Waals surface area contributed by atoms with E-state index < -0.39 is 5.91 Å². The summed E-state index contributed by atoms with van der Waals surface area (Å²) in [4.78, 5) is 19.3. The van der Waals surface area contributed by atoms with Crippen molar-refractivity contribution in [3.05, 3.63) is 4.91 Å². The van der Waals surface area contributed by atoms with Gasteiger partial charge in [0.2, 0.25) is 0 Å². The Bertz CT molecular complexity index is 134. The fraction of sp³-hybridized carbons (Fsp3) is 0.400. The highest BCUT2D eigenvalue weighted by Crippen LogP contribution is 1.87. The van der Waals surface area contributed by atoms with Crippen LogP contribution in [0, 0.1) is 17.3 Å². The molecule has 0 rings (SSSR count). The van der Waals surface area contributed by atoms with Crippen molar-refractivity contribution in [3.63, 3.8) is 0 Å². The largest absolute Gasteiger partial charge is 0.287 e. The van der Waals surface area contributed by atoms with Crippen LogP contribution in [0.15, 0.2) is 5.18 Å². The van der Waals surface area contributed by atoms with E-state index in [4.69, 9.17) is 6.42 Å². The average molecular weight is 111 g/mol. The van der Waals surface area contributed by atoms with Crippen molar-refractivity contribution < 1.29 is 4.79 Å². The summed E-state index contributed by atoms with van der Waals surface area (Å²) in [6, 6.07) is 0. The molecule has 0 unspecified atom stereocenters. The van der Waals surface area contributed by atoms with Crippen molar-refractivity contribution in [1.29, 1.82) is 0 Å². The Morgan fingerprint density at radius 1 is 1.75 bits per heavy atom. The Morgan fingerprint density at radius 2 is 2.38 bits per heavy atom. The molecular weight excluding hydrogens is 106 g/mol. The third-order valence-corrected chi connectivity index (χ3v) is 0.585. The third-order valence-electron chi connectivity index (χ3n) is 0.585. The Morgan fingerprint density at radius 3 is 2.75 bits per heavy atom. The second-order valence-corrected chi connectivity index (χ2v) is 1.19. The number of nitroso groups, excluding NO2 is 1. The van der Waals surface area contributed by atoms with Gasteiger partial charge in [-0.25, -0.2) is 0 Å². The molecule has 0 aliphatic carbocycles. The van der Waals surface area contributed by atoms with Crippen LogP contribution < -0.4 is 0 Å². The van der Waals surface area contributed by atoms with Crippen LogP contribution in [0.1, 0.15) is 12.8 Å². The summed E-state index contributed by atoms with van der Waals surface area (Å²) < 4.78 is 0. The second kappa shape index (κ2) is 4.00. The van der Waals surface area contributed by atoms with E-state index in [-0.39, 0.29) is 6.42 Å². The van der Waals surface area contributed by atoms with Gasteiger partial charge in [-0.2, -0.15) is 0 Å². The molecule has 8 heavy (non-hydrogen) atoms. The van der Waals surface area contributed by atoms with Crippen molar-refractivity contribution in [3.8, 4) is 12.3 Å². The van der Waals surface area contributed by atoms with Gasteiger partial charge in [-0.1, -0.05) is 0 Å². The van der Waals surface area contributed by atoms with Gasteiger partial charge in [0.1, 0.15) is 0 Å². The van der Waals surface area contributed by atoms with Crippen LogP contribution >= 0.6 is 0 Å². The van der Waals surface area contributed by atoms with Crippen LogP contribution in [0.2, 0.25) is 0 Å². The van der Waals surface area contributed by atoms with Crippen molar-refractivity contribution in [1.82, 2.24) is 0 Å². The summed E-state index contributed by atoms with van der Waals surface area (Å²) in [5.74, 6) is 1.54. The molecule has 0 aliphatic rings. The number of hydrogen-bond donors (Lipinski definition) is 0. The van der Waals surface area contributed by atoms with E-state index >= 15 is 0 Å². The summed E-state index contributed by atoms with van der Waals surface area (Å²) in [6.45, 7) is 0. The topological polar surface area (TPSA) is 46.5 Å². The number of carbonyl (C=O) groups is 1. The summed E-state index contributed by atoms with van der Waals surface area (Å²) in [7, 11) is 0. The van der Waals surface area contributed by atoms with Crippen molar-refractivity contribution in [2.75, 3.05) is 0 Å². The SMILES string of the molecule is C#CCCC(=O)N=O. The average Bonchev–Trinajstić information content (AvgIpc) is 1.83. The lowest BCUT2D eigenvalue weighted by Gasteiger charge is -1.78. The molecule has 0 saturated carbocycles. The molecule has 0 aromatic carbocycles. The molecule has 0 spiro atoms. The summed E-state index contributed by atoms with van der Waals surface area (Å²) in [6.07, 6.45) is 5.15. The minimum absolute atomic E-state index is 0.0694. The lowest BCUT2D eigenvalue weighted by Crippen LogP contribution is -1.88. The maximum absolute atomic E-state index is 10.00. The molecule has 0 atom stereocenters. The highest BCUT2D eigenvalue weighted by molar-refractivity contribution is 5.76. The zero-order valence-electron chi connectivity index (χ0n) is 4.26. The van der Waals surface area contributed by atoms with E-state index in [1.165, 1.54) is 0 Å².